The van der Waals surface area contributed by atoms with Crippen LogP contribution in [0.2, 0.25) is 0 Å². The Hall–Kier alpha value is -1.13. The molecule has 100 valence electrons. The lowest BCUT2D eigenvalue weighted by Gasteiger charge is -2.11. The lowest BCUT2D eigenvalue weighted by molar-refractivity contribution is -0.110. The number of hydrogen-bond donors (Lipinski definition) is 0. The summed E-state index contributed by atoms with van der Waals surface area (Å²) < 4.78 is 6.22. The van der Waals surface area contributed by atoms with Crippen LogP contribution in [0.3, 0.4) is 0 Å². The minimum atomic E-state index is 0.0488. The second-order valence-corrected chi connectivity index (χ2v) is 6.55. The van der Waals surface area contributed by atoms with E-state index in [-0.39, 0.29) is 5.78 Å². The molecule has 1 fully saturated rings. The van der Waals surface area contributed by atoms with Crippen molar-refractivity contribution in [1.82, 2.24) is 0 Å². The maximum absolute atomic E-state index is 11.8. The molecule has 0 unspecified atom stereocenters. The van der Waals surface area contributed by atoms with Crippen LogP contribution in [-0.4, -0.2) is 24.4 Å². The molecule has 1 aromatic rings. The van der Waals surface area contributed by atoms with Crippen LogP contribution < -0.4 is 4.74 Å². The predicted molar refractivity (Wildman–Crippen MR) is 84.7 cm³/mol. The summed E-state index contributed by atoms with van der Waals surface area (Å²) in [6.07, 6.45) is 6.40. The van der Waals surface area contributed by atoms with Gasteiger partial charge in [0.05, 0.1) is 7.11 Å². The van der Waals surface area contributed by atoms with E-state index in [1.165, 1.54) is 6.42 Å². The second kappa shape index (κ2) is 7.46. The van der Waals surface area contributed by atoms with Gasteiger partial charge in [-0.25, -0.2) is 0 Å². The first-order valence-electron chi connectivity index (χ1n) is 6.11. The van der Waals surface area contributed by atoms with Crippen LogP contribution in [0.1, 0.15) is 12.0 Å². The largest absolute Gasteiger partial charge is 0.497 e. The third-order valence-electron chi connectivity index (χ3n) is 2.59. The molecule has 0 spiro atoms. The van der Waals surface area contributed by atoms with Gasteiger partial charge in [-0.1, -0.05) is 18.2 Å². The molecule has 0 aromatic heterocycles. The van der Waals surface area contributed by atoms with Crippen LogP contribution in [0.5, 0.6) is 5.75 Å². The number of ketones is 1. The van der Waals surface area contributed by atoms with Crippen LogP contribution in [0.4, 0.5) is 0 Å². The fraction of sp³-hybridized carbons (Fsp3) is 0.267. The van der Waals surface area contributed by atoms with E-state index >= 15 is 0 Å². The molecule has 19 heavy (non-hydrogen) atoms. The number of rotatable bonds is 4. The van der Waals surface area contributed by atoms with Gasteiger partial charge >= 0.3 is 0 Å². The monoisotopic (exact) mass is 292 g/mol. The van der Waals surface area contributed by atoms with Gasteiger partial charge in [0.2, 0.25) is 0 Å². The van der Waals surface area contributed by atoms with Crippen molar-refractivity contribution in [2.24, 2.45) is 0 Å². The Morgan fingerprint density at radius 1 is 1.21 bits per heavy atom. The maximum Gasteiger partial charge on any atom is 0.180 e. The third-order valence-corrected chi connectivity index (χ3v) is 5.09. The van der Waals surface area contributed by atoms with E-state index in [2.05, 4.69) is 0 Å². The van der Waals surface area contributed by atoms with E-state index in [0.29, 0.717) is 0 Å². The summed E-state index contributed by atoms with van der Waals surface area (Å²) in [5, 5.41) is 0. The van der Waals surface area contributed by atoms with E-state index in [9.17, 15) is 4.79 Å². The molecule has 2 rings (SSSR count). The van der Waals surface area contributed by atoms with Gasteiger partial charge in [0.25, 0.3) is 0 Å². The molecule has 4 heteroatoms. The fourth-order valence-electron chi connectivity index (χ4n) is 1.59. The summed E-state index contributed by atoms with van der Waals surface area (Å²) in [4.78, 5) is 11.8. The number of ether oxygens (including phenoxy) is 1. The molecular formula is C15H16O2S2. The molecule has 2 nitrogen and oxygen atoms in total. The van der Waals surface area contributed by atoms with Crippen molar-refractivity contribution in [2.45, 2.75) is 6.42 Å². The van der Waals surface area contributed by atoms with Crippen LogP contribution >= 0.6 is 23.5 Å². The average Bonchev–Trinajstić information content (AvgIpc) is 2.47. The number of allylic oxidation sites excluding steroid dienone is 2. The number of benzene rings is 1. The van der Waals surface area contributed by atoms with Crippen molar-refractivity contribution in [3.63, 3.8) is 0 Å². The minimum Gasteiger partial charge on any atom is -0.497 e. The zero-order valence-electron chi connectivity index (χ0n) is 10.8. The van der Waals surface area contributed by atoms with Crippen LogP contribution in [0, 0.1) is 0 Å². The van der Waals surface area contributed by atoms with Crippen LogP contribution in [0.15, 0.2) is 40.7 Å². The Labute approximate surface area is 122 Å². The highest BCUT2D eigenvalue weighted by Gasteiger charge is 2.07. The number of carbonyl (C=O) groups is 1. The molecular weight excluding hydrogens is 276 g/mol. The molecule has 1 aliphatic heterocycles. The van der Waals surface area contributed by atoms with Crippen molar-refractivity contribution < 1.29 is 9.53 Å². The summed E-state index contributed by atoms with van der Waals surface area (Å²) in [6.45, 7) is 0. The van der Waals surface area contributed by atoms with Crippen molar-refractivity contribution >= 4 is 35.4 Å². The Balaban J connectivity index is 1.95. The molecule has 1 heterocycles. The minimum absolute atomic E-state index is 0.0488. The van der Waals surface area contributed by atoms with Gasteiger partial charge in [0.1, 0.15) is 5.75 Å². The highest BCUT2D eigenvalue weighted by molar-refractivity contribution is 8.22. The topological polar surface area (TPSA) is 26.3 Å². The van der Waals surface area contributed by atoms with Crippen molar-refractivity contribution in [3.05, 3.63) is 46.2 Å². The number of carbonyl (C=O) groups excluding carboxylic acids is 1. The Bertz CT molecular complexity index is 481. The van der Waals surface area contributed by atoms with Gasteiger partial charge in [-0.2, -0.15) is 0 Å². The molecule has 1 aromatic carbocycles. The van der Waals surface area contributed by atoms with E-state index in [0.717, 1.165) is 27.1 Å². The zero-order chi connectivity index (χ0) is 13.5. The summed E-state index contributed by atoms with van der Waals surface area (Å²) in [5.74, 6) is 3.11. The molecule has 0 bridgehead atoms. The molecule has 0 radical (unpaired) electrons. The van der Waals surface area contributed by atoms with Gasteiger partial charge in [0, 0.05) is 10.3 Å². The number of methoxy groups -OCH3 is 1. The quantitative estimate of drug-likeness (QED) is 0.784. The van der Waals surface area contributed by atoms with Gasteiger partial charge in [0.15, 0.2) is 5.78 Å². The van der Waals surface area contributed by atoms with Gasteiger partial charge in [-0.3, -0.25) is 4.79 Å². The SMILES string of the molecule is COc1ccc(/C=C/C(=O)C=C2SCCCS2)cc1. The van der Waals surface area contributed by atoms with Crippen LogP contribution in [0.25, 0.3) is 6.08 Å². The normalized spacial score (nSPS) is 15.5. The van der Waals surface area contributed by atoms with Crippen molar-refractivity contribution in [3.8, 4) is 5.75 Å². The van der Waals surface area contributed by atoms with Crippen LogP contribution in [-0.2, 0) is 4.79 Å². The first-order valence-corrected chi connectivity index (χ1v) is 8.08. The zero-order valence-corrected chi connectivity index (χ0v) is 12.4. The Kier molecular flexibility index (Phi) is 5.61. The van der Waals surface area contributed by atoms with Gasteiger partial charge in [-0.15, -0.1) is 23.5 Å². The van der Waals surface area contributed by atoms with E-state index in [1.54, 1.807) is 42.8 Å². The first-order chi connectivity index (χ1) is 9.28. The highest BCUT2D eigenvalue weighted by Crippen LogP contribution is 2.34. The number of thioether (sulfide) groups is 2. The average molecular weight is 292 g/mol. The second-order valence-electron chi connectivity index (χ2n) is 4.02. The maximum atomic E-state index is 11.8. The third kappa shape index (κ3) is 4.80. The predicted octanol–water partition coefficient (Wildman–Crippen LogP) is 3.99. The first kappa shape index (κ1) is 14.3. The number of hydrogen-bond acceptors (Lipinski definition) is 4. The molecule has 0 atom stereocenters. The molecule has 1 aliphatic rings. The van der Waals surface area contributed by atoms with Crippen molar-refractivity contribution in [2.75, 3.05) is 18.6 Å². The molecule has 0 N–H and O–H groups in total. The van der Waals surface area contributed by atoms with E-state index in [1.807, 2.05) is 30.3 Å². The summed E-state index contributed by atoms with van der Waals surface area (Å²) >= 11 is 3.54. The lowest BCUT2D eigenvalue weighted by atomic mass is 10.2. The van der Waals surface area contributed by atoms with Crippen molar-refractivity contribution in [1.29, 1.82) is 0 Å². The van der Waals surface area contributed by atoms with E-state index in [4.69, 9.17) is 4.74 Å². The molecule has 0 amide bonds. The molecule has 1 saturated heterocycles. The molecule has 0 aliphatic carbocycles. The summed E-state index contributed by atoms with van der Waals surface area (Å²) in [7, 11) is 1.64. The highest BCUT2D eigenvalue weighted by atomic mass is 32.2. The fourth-order valence-corrected chi connectivity index (χ4v) is 3.98. The molecule has 0 saturated carbocycles. The Morgan fingerprint density at radius 2 is 1.89 bits per heavy atom. The summed E-state index contributed by atoms with van der Waals surface area (Å²) in [5.41, 5.74) is 0.997. The summed E-state index contributed by atoms with van der Waals surface area (Å²) in [6, 6.07) is 7.63. The standard InChI is InChI=1S/C15H16O2S2/c1-17-14-7-4-12(5-8-14)3-6-13(16)11-15-18-9-2-10-19-15/h3-8,11H,2,9-10H2,1H3/b6-3+. The smallest absolute Gasteiger partial charge is 0.180 e. The van der Waals surface area contributed by atoms with Gasteiger partial charge < -0.3 is 4.74 Å². The Morgan fingerprint density at radius 3 is 2.53 bits per heavy atom. The lowest BCUT2D eigenvalue weighted by Crippen LogP contribution is -1.94. The van der Waals surface area contributed by atoms with Gasteiger partial charge in [-0.05, 0) is 41.7 Å². The van der Waals surface area contributed by atoms with E-state index < -0.39 is 0 Å².